The van der Waals surface area contributed by atoms with Crippen LogP contribution in [0.2, 0.25) is 0 Å². The van der Waals surface area contributed by atoms with Crippen LogP contribution in [0.1, 0.15) is 6.42 Å². The highest BCUT2D eigenvalue weighted by Gasteiger charge is 2.29. The Bertz CT molecular complexity index is 634. The van der Waals surface area contributed by atoms with E-state index >= 15 is 0 Å². The molecular formula is C15H18N4O3S. The molecule has 0 bridgehead atoms. The van der Waals surface area contributed by atoms with Gasteiger partial charge >= 0.3 is 0 Å². The van der Waals surface area contributed by atoms with Crippen molar-refractivity contribution in [3.8, 4) is 17.6 Å². The van der Waals surface area contributed by atoms with Gasteiger partial charge in [-0.2, -0.15) is 5.26 Å². The molecule has 4 N–H and O–H groups in total. The lowest BCUT2D eigenvalue weighted by atomic mass is 10.00. The van der Waals surface area contributed by atoms with E-state index in [9.17, 15) is 0 Å². The first-order chi connectivity index (χ1) is 11.2. The van der Waals surface area contributed by atoms with Gasteiger partial charge in [-0.15, -0.1) is 0 Å². The highest BCUT2D eigenvalue weighted by Crippen LogP contribution is 2.37. The quantitative estimate of drug-likeness (QED) is 0.681. The van der Waals surface area contributed by atoms with Gasteiger partial charge in [0.1, 0.15) is 19.3 Å². The maximum absolute atomic E-state index is 8.97. The third-order valence-corrected chi connectivity index (χ3v) is 3.97. The molecule has 1 aromatic carbocycles. The third kappa shape index (κ3) is 3.64. The van der Waals surface area contributed by atoms with Crippen molar-refractivity contribution in [2.45, 2.75) is 24.6 Å². The predicted octanol–water partition coefficient (Wildman–Crippen LogP) is 0.753. The predicted molar refractivity (Wildman–Crippen MR) is 88.5 cm³/mol. The van der Waals surface area contributed by atoms with Gasteiger partial charge in [0.05, 0.1) is 18.4 Å². The van der Waals surface area contributed by atoms with Crippen LogP contribution in [0.25, 0.3) is 0 Å². The summed E-state index contributed by atoms with van der Waals surface area (Å²) in [5.74, 6) is 1.34. The lowest BCUT2D eigenvalue weighted by Gasteiger charge is -2.33. The summed E-state index contributed by atoms with van der Waals surface area (Å²) >= 11 is 5.35. The topological polar surface area (TPSA) is 102 Å². The number of benzene rings is 1. The molecule has 3 rings (SSSR count). The van der Waals surface area contributed by atoms with Gasteiger partial charge in [-0.05, 0) is 24.4 Å². The lowest BCUT2D eigenvalue weighted by molar-refractivity contribution is 0.0253. The second kappa shape index (κ2) is 7.00. The molecule has 7 nitrogen and oxygen atoms in total. The minimum Gasteiger partial charge on any atom is -0.486 e. The fourth-order valence-electron chi connectivity index (χ4n) is 2.57. The summed E-state index contributed by atoms with van der Waals surface area (Å²) in [7, 11) is 0. The molecule has 3 atom stereocenters. The van der Waals surface area contributed by atoms with Gasteiger partial charge in [0.15, 0.2) is 16.6 Å². The van der Waals surface area contributed by atoms with E-state index in [1.165, 1.54) is 0 Å². The monoisotopic (exact) mass is 334 g/mol. The van der Waals surface area contributed by atoms with Crippen molar-refractivity contribution in [2.24, 2.45) is 5.73 Å². The molecule has 2 heterocycles. The van der Waals surface area contributed by atoms with Crippen LogP contribution >= 0.6 is 12.2 Å². The zero-order chi connectivity index (χ0) is 16.2. The summed E-state index contributed by atoms with van der Waals surface area (Å²) in [5.41, 5.74) is 6.75. The number of thiocarbonyl (C=S) groups is 1. The van der Waals surface area contributed by atoms with Crippen molar-refractivity contribution < 1.29 is 14.2 Å². The first kappa shape index (κ1) is 15.8. The average Bonchev–Trinajstić information content (AvgIpc) is 2.57. The van der Waals surface area contributed by atoms with Crippen LogP contribution in [0, 0.1) is 11.3 Å². The van der Waals surface area contributed by atoms with Crippen LogP contribution in [0.4, 0.5) is 5.69 Å². The molecule has 0 saturated carbocycles. The first-order valence-electron chi connectivity index (χ1n) is 7.40. The van der Waals surface area contributed by atoms with E-state index in [0.29, 0.717) is 42.9 Å². The molecule has 1 saturated heterocycles. The highest BCUT2D eigenvalue weighted by molar-refractivity contribution is 7.80. The zero-order valence-electron chi connectivity index (χ0n) is 12.5. The fraction of sp³-hybridized carbons (Fsp3) is 0.467. The largest absolute Gasteiger partial charge is 0.486 e. The van der Waals surface area contributed by atoms with E-state index in [4.69, 9.17) is 37.4 Å². The first-order valence-corrected chi connectivity index (χ1v) is 7.81. The number of rotatable bonds is 2. The summed E-state index contributed by atoms with van der Waals surface area (Å²) in [6, 6.07) is 7.34. The zero-order valence-corrected chi connectivity index (χ0v) is 13.3. The van der Waals surface area contributed by atoms with E-state index in [1.54, 1.807) is 0 Å². The van der Waals surface area contributed by atoms with Gasteiger partial charge in [0.2, 0.25) is 0 Å². The SMILES string of the molecule is N#C[C@H]1C[C@@H](NC(=S)Nc2cccc3c2OCCO3)[C@@H](N)CO1. The lowest BCUT2D eigenvalue weighted by Crippen LogP contribution is -2.55. The van der Waals surface area contributed by atoms with Gasteiger partial charge in [0.25, 0.3) is 0 Å². The summed E-state index contributed by atoms with van der Waals surface area (Å²) in [4.78, 5) is 0. The van der Waals surface area contributed by atoms with E-state index in [-0.39, 0.29) is 12.1 Å². The van der Waals surface area contributed by atoms with Crippen LogP contribution in [-0.2, 0) is 4.74 Å². The second-order valence-corrected chi connectivity index (χ2v) is 5.79. The maximum Gasteiger partial charge on any atom is 0.184 e. The molecule has 1 aromatic rings. The number of hydrogen-bond donors (Lipinski definition) is 3. The standard InChI is InChI=1S/C15H18N4O3S/c16-7-9-6-12(10(17)8-22-9)19-15(23)18-11-2-1-3-13-14(11)21-5-4-20-13/h1-3,9-10,12H,4-6,8,17H2,(H2,18,19,23)/t9-,10+,12-/m1/s1. The van der Waals surface area contributed by atoms with Gasteiger partial charge in [0, 0.05) is 18.5 Å². The van der Waals surface area contributed by atoms with E-state index in [0.717, 1.165) is 5.69 Å². The summed E-state index contributed by atoms with van der Waals surface area (Å²) in [6.07, 6.45) is 0.0303. The number of hydrogen-bond acceptors (Lipinski definition) is 6. The molecule has 0 spiro atoms. The van der Waals surface area contributed by atoms with Crippen LogP contribution in [0.15, 0.2) is 18.2 Å². The average molecular weight is 334 g/mol. The Morgan fingerprint density at radius 3 is 3.00 bits per heavy atom. The molecule has 23 heavy (non-hydrogen) atoms. The van der Waals surface area contributed by atoms with Crippen molar-refractivity contribution in [3.05, 3.63) is 18.2 Å². The molecule has 0 radical (unpaired) electrons. The van der Waals surface area contributed by atoms with Crippen LogP contribution in [-0.4, -0.2) is 43.1 Å². The van der Waals surface area contributed by atoms with Gasteiger partial charge in [-0.3, -0.25) is 0 Å². The number of para-hydroxylation sites is 1. The number of nitriles is 1. The van der Waals surface area contributed by atoms with Crippen molar-refractivity contribution in [1.82, 2.24) is 5.32 Å². The Morgan fingerprint density at radius 1 is 1.35 bits per heavy atom. The highest BCUT2D eigenvalue weighted by atomic mass is 32.1. The number of nitrogens with zero attached hydrogens (tertiary/aromatic N) is 1. The molecule has 2 aliphatic heterocycles. The number of fused-ring (bicyclic) bond motifs is 1. The van der Waals surface area contributed by atoms with Crippen LogP contribution in [0.5, 0.6) is 11.5 Å². The third-order valence-electron chi connectivity index (χ3n) is 3.75. The summed E-state index contributed by atoms with van der Waals surface area (Å²) < 4.78 is 16.5. The minimum atomic E-state index is -0.462. The Kier molecular flexibility index (Phi) is 4.81. The van der Waals surface area contributed by atoms with Crippen molar-refractivity contribution in [3.63, 3.8) is 0 Å². The molecule has 0 amide bonds. The van der Waals surface area contributed by atoms with Crippen molar-refractivity contribution in [1.29, 1.82) is 5.26 Å². The Balaban J connectivity index is 1.65. The molecule has 122 valence electrons. The Labute approximate surface area is 139 Å². The normalized spacial score (nSPS) is 26.0. The van der Waals surface area contributed by atoms with Crippen molar-refractivity contribution in [2.75, 3.05) is 25.1 Å². The van der Waals surface area contributed by atoms with Gasteiger partial charge in [-0.1, -0.05) is 6.07 Å². The number of anilines is 1. The molecule has 0 aromatic heterocycles. The Morgan fingerprint density at radius 2 is 2.17 bits per heavy atom. The maximum atomic E-state index is 8.97. The van der Waals surface area contributed by atoms with Gasteiger partial charge in [-0.25, -0.2) is 0 Å². The fourth-order valence-corrected chi connectivity index (χ4v) is 2.83. The second-order valence-electron chi connectivity index (χ2n) is 5.39. The molecule has 1 fully saturated rings. The van der Waals surface area contributed by atoms with Crippen LogP contribution in [0.3, 0.4) is 0 Å². The molecule has 8 heteroatoms. The summed E-state index contributed by atoms with van der Waals surface area (Å²) in [6.45, 7) is 1.36. The van der Waals surface area contributed by atoms with E-state index < -0.39 is 6.10 Å². The van der Waals surface area contributed by atoms with Gasteiger partial charge < -0.3 is 30.6 Å². The molecule has 0 unspecified atom stereocenters. The molecule has 2 aliphatic rings. The smallest absolute Gasteiger partial charge is 0.184 e. The minimum absolute atomic E-state index is 0.120. The van der Waals surface area contributed by atoms with E-state index in [2.05, 4.69) is 16.7 Å². The number of ether oxygens (including phenoxy) is 3. The molecular weight excluding hydrogens is 316 g/mol. The van der Waals surface area contributed by atoms with Crippen LogP contribution < -0.4 is 25.8 Å². The molecule has 0 aliphatic carbocycles. The number of nitrogens with two attached hydrogens (primary N) is 1. The summed E-state index contributed by atoms with van der Waals surface area (Å²) in [5, 5.41) is 15.7. The number of nitrogens with one attached hydrogen (secondary N) is 2. The van der Waals surface area contributed by atoms with Crippen molar-refractivity contribution >= 4 is 23.0 Å². The van der Waals surface area contributed by atoms with E-state index in [1.807, 2.05) is 18.2 Å². The Hall–Kier alpha value is -2.08.